The predicted octanol–water partition coefficient (Wildman–Crippen LogP) is 1.42. The van der Waals surface area contributed by atoms with Crippen LogP contribution in [0.1, 0.15) is 5.56 Å². The van der Waals surface area contributed by atoms with Gasteiger partial charge in [0, 0.05) is 0 Å². The Hall–Kier alpha value is -2.10. The first-order valence-electron chi connectivity index (χ1n) is 4.22. The number of para-hydroxylation sites is 1. The molecule has 0 saturated heterocycles. The van der Waals surface area contributed by atoms with Gasteiger partial charge in [0.05, 0.1) is 5.69 Å². The van der Waals surface area contributed by atoms with E-state index in [1.807, 2.05) is 30.3 Å². The van der Waals surface area contributed by atoms with Crippen LogP contribution in [0, 0.1) is 5.41 Å². The van der Waals surface area contributed by atoms with Crippen molar-refractivity contribution >= 4 is 23.3 Å². The Balaban J connectivity index is 2.41. The summed E-state index contributed by atoms with van der Waals surface area (Å²) < 4.78 is 0. The minimum atomic E-state index is -0.0402. The van der Waals surface area contributed by atoms with E-state index in [1.165, 1.54) is 0 Å². The molecule has 0 saturated carbocycles. The fraction of sp³-hybridized carbons (Fsp3) is 0. The van der Waals surface area contributed by atoms with Crippen molar-refractivity contribution in [2.75, 3.05) is 5.43 Å². The van der Waals surface area contributed by atoms with Crippen LogP contribution in [0.25, 0.3) is 6.08 Å². The van der Waals surface area contributed by atoms with E-state index in [9.17, 15) is 0 Å². The number of fused-ring (bicyclic) bond motifs is 1. The van der Waals surface area contributed by atoms with Crippen LogP contribution >= 0.6 is 0 Å². The third kappa shape index (κ3) is 1.50. The average Bonchev–Trinajstić information content (AvgIpc) is 2.39. The zero-order chi connectivity index (χ0) is 9.97. The topological polar surface area (TPSA) is 74.3 Å². The summed E-state index contributed by atoms with van der Waals surface area (Å²) in [6, 6.07) is 7.77. The number of benzene rings is 1. The van der Waals surface area contributed by atoms with E-state index in [2.05, 4.69) is 10.5 Å². The Morgan fingerprint density at radius 1 is 1.29 bits per heavy atom. The number of hydrogen-bond donors (Lipinski definition) is 3. The number of nitrogens with one attached hydrogen (secondary N) is 2. The van der Waals surface area contributed by atoms with Crippen LogP contribution in [-0.4, -0.2) is 11.5 Å². The highest BCUT2D eigenvalue weighted by Gasteiger charge is 2.04. The van der Waals surface area contributed by atoms with E-state index in [4.69, 9.17) is 11.1 Å². The van der Waals surface area contributed by atoms with Crippen molar-refractivity contribution in [3.63, 3.8) is 0 Å². The molecule has 0 bridgehead atoms. The van der Waals surface area contributed by atoms with Gasteiger partial charge in [0.2, 0.25) is 0 Å². The molecule has 1 aromatic carbocycles. The van der Waals surface area contributed by atoms with E-state index < -0.39 is 0 Å². The van der Waals surface area contributed by atoms with E-state index in [1.54, 1.807) is 6.08 Å². The van der Waals surface area contributed by atoms with Crippen molar-refractivity contribution < 1.29 is 0 Å². The Kier molecular flexibility index (Phi) is 2.02. The van der Waals surface area contributed by atoms with Gasteiger partial charge in [-0.3, -0.25) is 10.8 Å². The van der Waals surface area contributed by atoms with Gasteiger partial charge >= 0.3 is 0 Å². The molecule has 4 nitrogen and oxygen atoms in total. The van der Waals surface area contributed by atoms with E-state index in [0.29, 0.717) is 5.71 Å². The van der Waals surface area contributed by atoms with Crippen molar-refractivity contribution in [1.29, 1.82) is 5.41 Å². The normalized spacial score (nSPS) is 13.6. The van der Waals surface area contributed by atoms with Gasteiger partial charge in [-0.2, -0.15) is 5.10 Å². The van der Waals surface area contributed by atoms with Crippen molar-refractivity contribution in [2.45, 2.75) is 0 Å². The third-order valence-corrected chi connectivity index (χ3v) is 1.95. The molecule has 2 rings (SSSR count). The molecule has 1 aliphatic heterocycles. The number of rotatable bonds is 1. The SMILES string of the molecule is N=C(N)C1=NNc2ccccc2C=C1. The van der Waals surface area contributed by atoms with Gasteiger partial charge in [0.15, 0.2) is 0 Å². The van der Waals surface area contributed by atoms with E-state index in [0.717, 1.165) is 11.3 Å². The molecule has 70 valence electrons. The van der Waals surface area contributed by atoms with Gasteiger partial charge < -0.3 is 5.73 Å². The Bertz CT molecular complexity index is 432. The first-order valence-corrected chi connectivity index (χ1v) is 4.22. The molecular weight excluding hydrogens is 176 g/mol. The fourth-order valence-corrected chi connectivity index (χ4v) is 1.22. The molecule has 4 N–H and O–H groups in total. The molecule has 0 spiro atoms. The molecule has 0 radical (unpaired) electrons. The van der Waals surface area contributed by atoms with Gasteiger partial charge in [-0.05, 0) is 17.7 Å². The van der Waals surface area contributed by atoms with Crippen LogP contribution in [0.3, 0.4) is 0 Å². The summed E-state index contributed by atoms with van der Waals surface area (Å²) in [5.74, 6) is -0.0402. The second kappa shape index (κ2) is 3.33. The monoisotopic (exact) mass is 186 g/mol. The minimum Gasteiger partial charge on any atom is -0.382 e. The van der Waals surface area contributed by atoms with Gasteiger partial charge in [-0.25, -0.2) is 0 Å². The summed E-state index contributed by atoms with van der Waals surface area (Å²) in [5, 5.41) is 11.2. The molecule has 0 fully saturated rings. The van der Waals surface area contributed by atoms with Crippen LogP contribution < -0.4 is 11.2 Å². The Morgan fingerprint density at radius 3 is 2.86 bits per heavy atom. The quantitative estimate of drug-likeness (QED) is 0.458. The first kappa shape index (κ1) is 8.50. The maximum absolute atomic E-state index is 7.25. The number of anilines is 1. The van der Waals surface area contributed by atoms with Gasteiger partial charge in [0.1, 0.15) is 11.5 Å². The smallest absolute Gasteiger partial charge is 0.143 e. The number of amidine groups is 1. The van der Waals surface area contributed by atoms with Crippen molar-refractivity contribution in [3.05, 3.63) is 35.9 Å². The van der Waals surface area contributed by atoms with Crippen molar-refractivity contribution in [2.24, 2.45) is 10.8 Å². The highest BCUT2D eigenvalue weighted by molar-refractivity contribution is 6.45. The van der Waals surface area contributed by atoms with Crippen LogP contribution in [0.4, 0.5) is 5.69 Å². The summed E-state index contributed by atoms with van der Waals surface area (Å²) in [4.78, 5) is 0. The first-order chi connectivity index (χ1) is 6.77. The summed E-state index contributed by atoms with van der Waals surface area (Å²) in [7, 11) is 0. The molecular formula is C10H10N4. The molecule has 1 aromatic rings. The van der Waals surface area contributed by atoms with Crippen LogP contribution in [0.15, 0.2) is 35.4 Å². The molecule has 4 heteroatoms. The average molecular weight is 186 g/mol. The maximum atomic E-state index is 7.25. The second-order valence-electron chi connectivity index (χ2n) is 2.94. The molecule has 0 unspecified atom stereocenters. The Morgan fingerprint density at radius 2 is 2.07 bits per heavy atom. The molecule has 0 aromatic heterocycles. The largest absolute Gasteiger partial charge is 0.382 e. The standard InChI is InChI=1S/C10H10N4/c11-10(12)9-6-5-7-3-1-2-4-8(7)13-14-9/h1-6,13H,(H3,11,12). The lowest BCUT2D eigenvalue weighted by molar-refractivity contribution is 1.34. The molecule has 1 heterocycles. The third-order valence-electron chi connectivity index (χ3n) is 1.95. The van der Waals surface area contributed by atoms with E-state index >= 15 is 0 Å². The lowest BCUT2D eigenvalue weighted by Crippen LogP contribution is -2.21. The zero-order valence-electron chi connectivity index (χ0n) is 7.49. The summed E-state index contributed by atoms with van der Waals surface area (Å²) in [6.07, 6.45) is 3.61. The van der Waals surface area contributed by atoms with Crippen molar-refractivity contribution in [3.8, 4) is 0 Å². The van der Waals surface area contributed by atoms with Crippen LogP contribution in [0.2, 0.25) is 0 Å². The van der Waals surface area contributed by atoms with Crippen molar-refractivity contribution in [1.82, 2.24) is 0 Å². The van der Waals surface area contributed by atoms with Gasteiger partial charge in [-0.15, -0.1) is 0 Å². The number of hydrogen-bond acceptors (Lipinski definition) is 3. The molecule has 0 atom stereocenters. The zero-order valence-corrected chi connectivity index (χ0v) is 7.49. The predicted molar refractivity (Wildman–Crippen MR) is 58.4 cm³/mol. The molecule has 14 heavy (non-hydrogen) atoms. The lowest BCUT2D eigenvalue weighted by atomic mass is 10.1. The van der Waals surface area contributed by atoms with Crippen LogP contribution in [-0.2, 0) is 0 Å². The van der Waals surface area contributed by atoms with Crippen LogP contribution in [0.5, 0.6) is 0 Å². The summed E-state index contributed by atoms with van der Waals surface area (Å²) in [6.45, 7) is 0. The molecule has 1 aliphatic rings. The summed E-state index contributed by atoms with van der Waals surface area (Å²) in [5.41, 5.74) is 10.6. The lowest BCUT2D eigenvalue weighted by Gasteiger charge is -2.01. The highest BCUT2D eigenvalue weighted by atomic mass is 15.3. The number of nitrogens with two attached hydrogens (primary N) is 1. The molecule has 0 aliphatic carbocycles. The number of nitrogens with zero attached hydrogens (tertiary/aromatic N) is 1. The molecule has 0 amide bonds. The van der Waals surface area contributed by atoms with Gasteiger partial charge in [0.25, 0.3) is 0 Å². The minimum absolute atomic E-state index is 0.0402. The Labute approximate surface area is 81.6 Å². The van der Waals surface area contributed by atoms with E-state index in [-0.39, 0.29) is 5.84 Å². The number of hydrazone groups is 1. The maximum Gasteiger partial charge on any atom is 0.143 e. The summed E-state index contributed by atoms with van der Waals surface area (Å²) >= 11 is 0. The highest BCUT2D eigenvalue weighted by Crippen LogP contribution is 2.18. The fourth-order valence-electron chi connectivity index (χ4n) is 1.22. The van der Waals surface area contributed by atoms with Gasteiger partial charge in [-0.1, -0.05) is 24.3 Å². The second-order valence-corrected chi connectivity index (χ2v) is 2.94.